The van der Waals surface area contributed by atoms with Gasteiger partial charge in [-0.05, 0) is 37.3 Å². The predicted octanol–water partition coefficient (Wildman–Crippen LogP) is 1.44. The van der Waals surface area contributed by atoms with Gasteiger partial charge in [0.05, 0.1) is 18.2 Å². The third kappa shape index (κ3) is 2.65. The Labute approximate surface area is 162 Å². The summed E-state index contributed by atoms with van der Waals surface area (Å²) in [6, 6.07) is 7.16. The van der Waals surface area contributed by atoms with E-state index in [1.807, 2.05) is 23.1 Å². The summed E-state index contributed by atoms with van der Waals surface area (Å²) >= 11 is 0. The molecule has 2 N–H and O–H groups in total. The average molecular weight is 378 g/mol. The van der Waals surface area contributed by atoms with Gasteiger partial charge >= 0.3 is 0 Å². The molecule has 1 fully saturated rings. The number of aryl methyl sites for hydroxylation is 1. The highest BCUT2D eigenvalue weighted by Gasteiger charge is 2.42. The lowest BCUT2D eigenvalue weighted by atomic mass is 9.80. The summed E-state index contributed by atoms with van der Waals surface area (Å²) in [5, 5.41) is 2.92. The lowest BCUT2D eigenvalue weighted by Gasteiger charge is -2.25. The van der Waals surface area contributed by atoms with Crippen molar-refractivity contribution in [3.8, 4) is 0 Å². The van der Waals surface area contributed by atoms with E-state index in [1.165, 1.54) is 0 Å². The molecule has 2 amide bonds. The Morgan fingerprint density at radius 2 is 2.07 bits per heavy atom. The average Bonchev–Trinajstić information content (AvgIpc) is 3.24. The lowest BCUT2D eigenvalue weighted by Crippen LogP contribution is -2.32. The zero-order chi connectivity index (χ0) is 19.4. The fourth-order valence-electron chi connectivity index (χ4n) is 4.97. The van der Waals surface area contributed by atoms with Crippen LogP contribution in [0.1, 0.15) is 57.8 Å². The number of carbonyl (C=O) groups excluding carboxylic acids is 2. The highest BCUT2D eigenvalue weighted by Crippen LogP contribution is 2.40. The van der Waals surface area contributed by atoms with Crippen molar-refractivity contribution in [1.29, 1.82) is 0 Å². The summed E-state index contributed by atoms with van der Waals surface area (Å²) in [5.41, 5.74) is 3.15. The molecule has 1 unspecified atom stereocenters. The molecule has 0 radical (unpaired) electrons. The van der Waals surface area contributed by atoms with Gasteiger partial charge < -0.3 is 15.2 Å². The van der Waals surface area contributed by atoms with Crippen LogP contribution < -0.4 is 10.9 Å². The van der Waals surface area contributed by atoms with Gasteiger partial charge in [-0.15, -0.1) is 0 Å². The maximum Gasteiger partial charge on any atom is 0.254 e. The molecule has 1 aliphatic carbocycles. The second-order valence-electron chi connectivity index (χ2n) is 8.04. The van der Waals surface area contributed by atoms with E-state index in [4.69, 9.17) is 0 Å². The summed E-state index contributed by atoms with van der Waals surface area (Å²) in [7, 11) is 0. The van der Waals surface area contributed by atoms with Crippen LogP contribution in [0.2, 0.25) is 0 Å². The Morgan fingerprint density at radius 1 is 1.25 bits per heavy atom. The Bertz CT molecular complexity index is 1040. The smallest absolute Gasteiger partial charge is 0.254 e. The van der Waals surface area contributed by atoms with Gasteiger partial charge in [0.15, 0.2) is 0 Å². The van der Waals surface area contributed by atoms with E-state index >= 15 is 0 Å². The van der Waals surface area contributed by atoms with Crippen LogP contribution in [0.3, 0.4) is 0 Å². The second kappa shape index (κ2) is 6.29. The van der Waals surface area contributed by atoms with Gasteiger partial charge in [0, 0.05) is 30.1 Å². The van der Waals surface area contributed by atoms with Gasteiger partial charge in [0.1, 0.15) is 5.82 Å². The number of aromatic amines is 1. The largest absolute Gasteiger partial charge is 0.345 e. The summed E-state index contributed by atoms with van der Waals surface area (Å²) in [6.07, 6.45) is 1.88. The summed E-state index contributed by atoms with van der Waals surface area (Å²) < 4.78 is 0. The van der Waals surface area contributed by atoms with E-state index < -0.39 is 0 Å². The Balaban J connectivity index is 1.35. The molecule has 2 aliphatic heterocycles. The van der Waals surface area contributed by atoms with Crippen molar-refractivity contribution in [1.82, 2.24) is 20.2 Å². The van der Waals surface area contributed by atoms with Crippen molar-refractivity contribution in [3.63, 3.8) is 0 Å². The number of H-pyrrole nitrogens is 1. The first-order valence-electron chi connectivity index (χ1n) is 9.78. The van der Waals surface area contributed by atoms with Crippen molar-refractivity contribution >= 4 is 11.8 Å². The van der Waals surface area contributed by atoms with Crippen molar-refractivity contribution in [3.05, 3.63) is 62.8 Å². The molecule has 144 valence electrons. The molecule has 3 atom stereocenters. The van der Waals surface area contributed by atoms with Crippen molar-refractivity contribution in [2.24, 2.45) is 5.92 Å². The molecule has 0 bridgehead atoms. The first kappa shape index (κ1) is 17.2. The Kier molecular flexibility index (Phi) is 3.86. The molecule has 3 heterocycles. The number of hydrogen-bond donors (Lipinski definition) is 2. The number of benzene rings is 1. The molecule has 1 aromatic heterocycles. The van der Waals surface area contributed by atoms with Crippen LogP contribution in [0.5, 0.6) is 0 Å². The van der Waals surface area contributed by atoms with Crippen LogP contribution in [0.25, 0.3) is 0 Å². The molecule has 0 spiro atoms. The van der Waals surface area contributed by atoms with E-state index in [9.17, 15) is 14.4 Å². The van der Waals surface area contributed by atoms with Gasteiger partial charge in [-0.3, -0.25) is 14.4 Å². The number of aromatic nitrogens is 2. The molecule has 7 nitrogen and oxygen atoms in total. The first-order valence-corrected chi connectivity index (χ1v) is 9.78. The van der Waals surface area contributed by atoms with Crippen molar-refractivity contribution in [2.75, 3.05) is 13.1 Å². The zero-order valence-corrected chi connectivity index (χ0v) is 15.7. The van der Waals surface area contributed by atoms with Crippen LogP contribution in [0.15, 0.2) is 29.1 Å². The molecule has 1 saturated heterocycles. The van der Waals surface area contributed by atoms with E-state index in [0.717, 1.165) is 23.2 Å². The van der Waals surface area contributed by atoms with E-state index in [-0.39, 0.29) is 35.8 Å². The highest BCUT2D eigenvalue weighted by atomic mass is 16.2. The van der Waals surface area contributed by atoms with Gasteiger partial charge in [0.2, 0.25) is 5.91 Å². The zero-order valence-electron chi connectivity index (χ0n) is 15.7. The fraction of sp³-hybridized carbons (Fsp3) is 0.429. The number of hydrogen-bond acceptors (Lipinski definition) is 4. The number of nitrogens with one attached hydrogen (secondary N) is 2. The van der Waals surface area contributed by atoms with E-state index in [1.54, 1.807) is 13.0 Å². The van der Waals surface area contributed by atoms with Crippen LogP contribution >= 0.6 is 0 Å². The number of fused-ring (bicyclic) bond motifs is 4. The van der Waals surface area contributed by atoms with Crippen LogP contribution in [-0.2, 0) is 11.2 Å². The number of carbonyl (C=O) groups is 2. The van der Waals surface area contributed by atoms with Gasteiger partial charge in [-0.25, -0.2) is 4.98 Å². The SMILES string of the molecule is Cc1nc2c(c(=O)[nH]1)CC[C@@H]1CN(C(=O)CC3NC(=O)c4ccccc43)C[C@H]21. The van der Waals surface area contributed by atoms with Crippen LogP contribution in [0, 0.1) is 12.8 Å². The molecular formula is C21H22N4O3. The molecule has 28 heavy (non-hydrogen) atoms. The number of rotatable bonds is 2. The minimum atomic E-state index is -0.269. The maximum atomic E-state index is 13.0. The monoisotopic (exact) mass is 378 g/mol. The minimum absolute atomic E-state index is 0.0412. The molecule has 1 aromatic carbocycles. The van der Waals surface area contributed by atoms with Gasteiger partial charge in [-0.1, -0.05) is 18.2 Å². The first-order chi connectivity index (χ1) is 13.5. The number of likely N-dealkylation sites (tertiary alicyclic amines) is 1. The highest BCUT2D eigenvalue weighted by molar-refractivity contribution is 5.99. The second-order valence-corrected chi connectivity index (χ2v) is 8.04. The summed E-state index contributed by atoms with van der Waals surface area (Å²) in [4.78, 5) is 46.6. The third-order valence-electron chi connectivity index (χ3n) is 6.34. The van der Waals surface area contributed by atoms with E-state index in [0.29, 0.717) is 36.8 Å². The van der Waals surface area contributed by atoms with Crippen LogP contribution in [-0.4, -0.2) is 39.8 Å². The Morgan fingerprint density at radius 3 is 2.93 bits per heavy atom. The van der Waals surface area contributed by atoms with Crippen LogP contribution in [0.4, 0.5) is 0 Å². The normalized spacial score (nSPS) is 25.1. The third-order valence-corrected chi connectivity index (χ3v) is 6.34. The van der Waals surface area contributed by atoms with Gasteiger partial charge in [0.25, 0.3) is 11.5 Å². The minimum Gasteiger partial charge on any atom is -0.345 e. The van der Waals surface area contributed by atoms with E-state index in [2.05, 4.69) is 15.3 Å². The maximum absolute atomic E-state index is 13.0. The molecule has 7 heteroatoms. The lowest BCUT2D eigenvalue weighted by molar-refractivity contribution is -0.130. The number of nitrogens with zero attached hydrogens (tertiary/aromatic N) is 2. The quantitative estimate of drug-likeness (QED) is 0.827. The standard InChI is InChI=1S/C21H22N4O3/c1-11-22-19-15(21(28)23-11)7-6-12-9-25(10-16(12)19)18(26)8-17-13-4-2-3-5-14(13)20(27)24-17/h2-5,12,16-17H,6-10H2,1H3,(H,24,27)(H,22,23,28)/t12-,16+,17?/m1/s1. The van der Waals surface area contributed by atoms with Crippen molar-refractivity contribution in [2.45, 2.75) is 38.1 Å². The topological polar surface area (TPSA) is 95.2 Å². The fourth-order valence-corrected chi connectivity index (χ4v) is 4.97. The summed E-state index contributed by atoms with van der Waals surface area (Å²) in [6.45, 7) is 3.08. The van der Waals surface area contributed by atoms with Crippen molar-refractivity contribution < 1.29 is 9.59 Å². The predicted molar refractivity (Wildman–Crippen MR) is 102 cm³/mol. The molecule has 0 saturated carbocycles. The molecule has 3 aliphatic rings. The number of amides is 2. The molecule has 2 aromatic rings. The molecule has 5 rings (SSSR count). The van der Waals surface area contributed by atoms with Gasteiger partial charge in [-0.2, -0.15) is 0 Å². The Hall–Kier alpha value is -2.96. The molecular weight excluding hydrogens is 356 g/mol. The summed E-state index contributed by atoms with van der Waals surface area (Å²) in [5.74, 6) is 1.02.